The number of nitrogens with two attached hydrogens (primary N) is 1. The molecule has 0 bridgehead atoms. The second-order valence-electron chi connectivity index (χ2n) is 5.23. The van der Waals surface area contributed by atoms with Gasteiger partial charge in [-0.05, 0) is 31.5 Å². The Labute approximate surface area is 131 Å². The Morgan fingerprint density at radius 1 is 1.23 bits per heavy atom. The molecule has 4 heteroatoms. The molecule has 0 spiro atoms. The van der Waals surface area contributed by atoms with Crippen LogP contribution in [-0.2, 0) is 4.79 Å². The van der Waals surface area contributed by atoms with Crippen LogP contribution in [-0.4, -0.2) is 19.6 Å². The molecular weight excluding hydrogens is 276 g/mol. The third-order valence-corrected chi connectivity index (χ3v) is 3.53. The maximum atomic E-state index is 12.7. The molecular formula is C18H23N2O2+. The fourth-order valence-corrected chi connectivity index (χ4v) is 2.42. The van der Waals surface area contributed by atoms with Gasteiger partial charge in [-0.3, -0.25) is 4.79 Å². The smallest absolute Gasteiger partial charge is 0.287 e. The molecule has 0 aromatic heterocycles. The van der Waals surface area contributed by atoms with E-state index in [4.69, 9.17) is 4.74 Å². The van der Waals surface area contributed by atoms with E-state index in [2.05, 4.69) is 5.32 Å². The van der Waals surface area contributed by atoms with Crippen molar-refractivity contribution in [3.8, 4) is 5.75 Å². The number of rotatable bonds is 6. The zero-order chi connectivity index (χ0) is 15.9. The minimum absolute atomic E-state index is 0.0445. The molecule has 0 saturated carbocycles. The minimum Gasteiger partial charge on any atom is -0.495 e. The number of benzene rings is 2. The van der Waals surface area contributed by atoms with Gasteiger partial charge in [0.2, 0.25) is 0 Å². The topological polar surface area (TPSA) is 54.9 Å². The van der Waals surface area contributed by atoms with Crippen LogP contribution in [0.4, 0.5) is 5.69 Å². The van der Waals surface area contributed by atoms with E-state index in [1.165, 1.54) is 0 Å². The summed E-state index contributed by atoms with van der Waals surface area (Å²) < 4.78 is 5.32. The molecule has 2 aromatic rings. The van der Waals surface area contributed by atoms with Gasteiger partial charge in [0.05, 0.1) is 19.3 Å². The van der Waals surface area contributed by atoms with Gasteiger partial charge in [-0.25, -0.2) is 0 Å². The Kier molecular flexibility index (Phi) is 5.55. The molecule has 0 aliphatic rings. The van der Waals surface area contributed by atoms with Crippen molar-refractivity contribution in [3.05, 3.63) is 59.7 Å². The molecule has 1 amide bonds. The molecule has 0 aliphatic carbocycles. The predicted octanol–water partition coefficient (Wildman–Crippen LogP) is 2.27. The third kappa shape index (κ3) is 3.86. The highest BCUT2D eigenvalue weighted by molar-refractivity contribution is 5.95. The Balaban J connectivity index is 2.24. The number of anilines is 1. The van der Waals surface area contributed by atoms with Crippen LogP contribution in [0.25, 0.3) is 0 Å². The van der Waals surface area contributed by atoms with Crippen LogP contribution < -0.4 is 15.4 Å². The van der Waals surface area contributed by atoms with Gasteiger partial charge in [-0.2, -0.15) is 0 Å². The molecule has 0 unspecified atom stereocenters. The lowest BCUT2D eigenvalue weighted by molar-refractivity contribution is -0.679. The molecule has 0 heterocycles. The van der Waals surface area contributed by atoms with Crippen LogP contribution >= 0.6 is 0 Å². The number of hydrogen-bond acceptors (Lipinski definition) is 2. The molecule has 0 aliphatic heterocycles. The van der Waals surface area contributed by atoms with Crippen molar-refractivity contribution >= 4 is 11.6 Å². The molecule has 2 rings (SSSR count). The summed E-state index contributed by atoms with van der Waals surface area (Å²) >= 11 is 0. The number of hydrogen-bond donors (Lipinski definition) is 2. The second-order valence-corrected chi connectivity index (χ2v) is 5.23. The number of aryl methyl sites for hydroxylation is 1. The number of carbonyl (C=O) groups excluding carboxylic acids is 1. The van der Waals surface area contributed by atoms with E-state index in [0.29, 0.717) is 11.4 Å². The van der Waals surface area contributed by atoms with E-state index in [-0.39, 0.29) is 11.9 Å². The monoisotopic (exact) mass is 299 g/mol. The molecule has 22 heavy (non-hydrogen) atoms. The Morgan fingerprint density at radius 3 is 2.59 bits per heavy atom. The first-order valence-electron chi connectivity index (χ1n) is 7.49. The van der Waals surface area contributed by atoms with Crippen LogP contribution in [0.2, 0.25) is 0 Å². The van der Waals surface area contributed by atoms with Crippen molar-refractivity contribution in [2.24, 2.45) is 0 Å². The Hall–Kier alpha value is -2.33. The van der Waals surface area contributed by atoms with Gasteiger partial charge in [0.15, 0.2) is 6.04 Å². The minimum atomic E-state index is -0.267. The quantitative estimate of drug-likeness (QED) is 0.859. The molecule has 4 nitrogen and oxygen atoms in total. The highest BCUT2D eigenvalue weighted by Crippen LogP contribution is 2.26. The predicted molar refractivity (Wildman–Crippen MR) is 88.0 cm³/mol. The summed E-state index contributed by atoms with van der Waals surface area (Å²) in [6, 6.07) is 15.3. The fraction of sp³-hybridized carbons (Fsp3) is 0.278. The molecule has 1 atom stereocenters. The number of amides is 1. The number of likely N-dealkylation sites (N-methyl/N-ethyl adjacent to an activating group) is 1. The van der Waals surface area contributed by atoms with E-state index < -0.39 is 0 Å². The zero-order valence-corrected chi connectivity index (χ0v) is 13.3. The summed E-state index contributed by atoms with van der Waals surface area (Å²) in [5, 5.41) is 5.01. The first kappa shape index (κ1) is 16.0. The van der Waals surface area contributed by atoms with Gasteiger partial charge in [0, 0.05) is 5.56 Å². The molecule has 0 saturated heterocycles. The Bertz CT molecular complexity index is 626. The van der Waals surface area contributed by atoms with Crippen LogP contribution in [0.15, 0.2) is 48.5 Å². The highest BCUT2D eigenvalue weighted by Gasteiger charge is 2.24. The number of quaternary nitrogens is 1. The van der Waals surface area contributed by atoms with Gasteiger partial charge in [-0.15, -0.1) is 0 Å². The maximum absolute atomic E-state index is 12.7. The lowest BCUT2D eigenvalue weighted by Crippen LogP contribution is -2.86. The summed E-state index contributed by atoms with van der Waals surface area (Å²) in [5.41, 5.74) is 2.78. The van der Waals surface area contributed by atoms with E-state index in [1.54, 1.807) is 7.11 Å². The molecule has 2 aromatic carbocycles. The van der Waals surface area contributed by atoms with Gasteiger partial charge >= 0.3 is 0 Å². The molecule has 116 valence electrons. The van der Waals surface area contributed by atoms with Crippen molar-refractivity contribution < 1.29 is 14.8 Å². The van der Waals surface area contributed by atoms with Crippen molar-refractivity contribution in [2.45, 2.75) is 19.9 Å². The number of methoxy groups -OCH3 is 1. The average molecular weight is 299 g/mol. The van der Waals surface area contributed by atoms with Crippen LogP contribution in [0, 0.1) is 6.92 Å². The first-order valence-corrected chi connectivity index (χ1v) is 7.49. The van der Waals surface area contributed by atoms with E-state index >= 15 is 0 Å². The Morgan fingerprint density at radius 2 is 1.95 bits per heavy atom. The maximum Gasteiger partial charge on any atom is 0.287 e. The van der Waals surface area contributed by atoms with E-state index in [1.807, 2.05) is 67.7 Å². The van der Waals surface area contributed by atoms with Gasteiger partial charge in [-0.1, -0.05) is 36.4 Å². The van der Waals surface area contributed by atoms with Crippen LogP contribution in [0.5, 0.6) is 5.75 Å². The van der Waals surface area contributed by atoms with Crippen molar-refractivity contribution in [2.75, 3.05) is 19.0 Å². The van der Waals surface area contributed by atoms with Gasteiger partial charge < -0.3 is 15.4 Å². The number of nitrogens with one attached hydrogen (secondary N) is 1. The lowest BCUT2D eigenvalue weighted by Gasteiger charge is -2.16. The van der Waals surface area contributed by atoms with Crippen molar-refractivity contribution in [1.82, 2.24) is 0 Å². The average Bonchev–Trinajstić information content (AvgIpc) is 2.53. The summed E-state index contributed by atoms with van der Waals surface area (Å²) in [6.07, 6.45) is 0. The summed E-state index contributed by atoms with van der Waals surface area (Å²) in [7, 11) is 1.60. The summed E-state index contributed by atoms with van der Waals surface area (Å²) in [4.78, 5) is 12.7. The fourth-order valence-electron chi connectivity index (χ4n) is 2.42. The normalized spacial score (nSPS) is 11.8. The largest absolute Gasteiger partial charge is 0.495 e. The van der Waals surface area contributed by atoms with Crippen LogP contribution in [0.1, 0.15) is 24.1 Å². The SMILES string of the molecule is CC[NH2+][C@@H](C(=O)Nc1cc(C)ccc1OC)c1ccccc1. The number of ether oxygens (including phenoxy) is 1. The zero-order valence-electron chi connectivity index (χ0n) is 13.3. The first-order chi connectivity index (χ1) is 10.7. The molecule has 3 N–H and O–H groups in total. The van der Waals surface area contributed by atoms with E-state index in [0.717, 1.165) is 17.7 Å². The molecule has 0 radical (unpaired) electrons. The lowest BCUT2D eigenvalue weighted by atomic mass is 10.1. The van der Waals surface area contributed by atoms with Gasteiger partial charge in [0.25, 0.3) is 5.91 Å². The summed E-state index contributed by atoms with van der Waals surface area (Å²) in [6.45, 7) is 4.86. The summed E-state index contributed by atoms with van der Waals surface area (Å²) in [5.74, 6) is 0.624. The van der Waals surface area contributed by atoms with Crippen molar-refractivity contribution in [3.63, 3.8) is 0 Å². The number of carbonyl (C=O) groups is 1. The van der Waals surface area contributed by atoms with Crippen LogP contribution in [0.3, 0.4) is 0 Å². The highest BCUT2D eigenvalue weighted by atomic mass is 16.5. The third-order valence-electron chi connectivity index (χ3n) is 3.53. The second kappa shape index (κ2) is 7.61. The van der Waals surface area contributed by atoms with E-state index in [9.17, 15) is 4.79 Å². The standard InChI is InChI=1S/C18H22N2O2/c1-4-19-17(14-8-6-5-7-9-14)18(21)20-15-12-13(2)10-11-16(15)22-3/h5-12,17,19H,4H2,1-3H3,(H,20,21)/p+1/t17-/m1/s1. The molecule has 0 fully saturated rings. The van der Waals surface area contributed by atoms with Crippen molar-refractivity contribution in [1.29, 1.82) is 0 Å². The van der Waals surface area contributed by atoms with Gasteiger partial charge in [0.1, 0.15) is 5.75 Å².